The van der Waals surface area contributed by atoms with Crippen LogP contribution in [0.15, 0.2) is 12.1 Å². The fraction of sp³-hybridized carbons (Fsp3) is 0.462. The lowest BCUT2D eigenvalue weighted by Crippen LogP contribution is -2.25. The maximum atomic E-state index is 10.6. The second kappa shape index (κ2) is 5.68. The number of methoxy groups -OCH3 is 1. The molecule has 0 saturated carbocycles. The first-order valence-corrected chi connectivity index (χ1v) is 5.48. The molecule has 1 aromatic rings. The topological polar surface area (TPSA) is 49.8 Å². The number of nitrogens with zero attached hydrogens (tertiary/aromatic N) is 1. The number of aliphatic carboxylic acids is 1. The highest BCUT2D eigenvalue weighted by Crippen LogP contribution is 2.25. The van der Waals surface area contributed by atoms with Crippen LogP contribution in [0.1, 0.15) is 16.7 Å². The van der Waals surface area contributed by atoms with Crippen LogP contribution in [-0.4, -0.2) is 36.7 Å². The predicted molar refractivity (Wildman–Crippen MR) is 66.4 cm³/mol. The van der Waals surface area contributed by atoms with Gasteiger partial charge in [-0.2, -0.15) is 0 Å². The molecule has 0 heterocycles. The SMILES string of the molecule is COc1c(C)cc(C)cc1CN(C)CC(=O)O. The highest BCUT2D eigenvalue weighted by molar-refractivity contribution is 5.69. The summed E-state index contributed by atoms with van der Waals surface area (Å²) in [5.74, 6) is 0.0173. The smallest absolute Gasteiger partial charge is 0.317 e. The van der Waals surface area contributed by atoms with Crippen LogP contribution in [0.4, 0.5) is 0 Å². The third-order valence-electron chi connectivity index (χ3n) is 2.55. The number of hydrogen-bond acceptors (Lipinski definition) is 3. The number of hydrogen-bond donors (Lipinski definition) is 1. The van der Waals surface area contributed by atoms with Gasteiger partial charge in [0.2, 0.25) is 0 Å². The molecule has 0 aliphatic heterocycles. The second-order valence-electron chi connectivity index (χ2n) is 4.34. The van der Waals surface area contributed by atoms with Gasteiger partial charge in [-0.15, -0.1) is 0 Å². The summed E-state index contributed by atoms with van der Waals surface area (Å²) in [6.07, 6.45) is 0. The van der Waals surface area contributed by atoms with Gasteiger partial charge in [0.25, 0.3) is 0 Å². The Balaban J connectivity index is 2.92. The van der Waals surface area contributed by atoms with E-state index in [-0.39, 0.29) is 6.54 Å². The molecule has 0 radical (unpaired) electrons. The molecule has 1 aromatic carbocycles. The first kappa shape index (κ1) is 13.5. The molecule has 0 spiro atoms. The minimum absolute atomic E-state index is 0.0240. The lowest BCUT2D eigenvalue weighted by atomic mass is 10.1. The fourth-order valence-electron chi connectivity index (χ4n) is 2.03. The molecule has 0 saturated heterocycles. The molecule has 0 aliphatic rings. The van der Waals surface area contributed by atoms with Crippen molar-refractivity contribution in [2.24, 2.45) is 0 Å². The molecule has 0 aliphatic carbocycles. The number of carboxylic acids is 1. The van der Waals surface area contributed by atoms with Gasteiger partial charge in [0.1, 0.15) is 5.75 Å². The summed E-state index contributed by atoms with van der Waals surface area (Å²) < 4.78 is 5.36. The third kappa shape index (κ3) is 3.75. The molecule has 0 aromatic heterocycles. The van der Waals surface area contributed by atoms with Crippen molar-refractivity contribution in [1.82, 2.24) is 4.90 Å². The molecular formula is C13H19NO3. The molecule has 0 atom stereocenters. The van der Waals surface area contributed by atoms with E-state index in [0.29, 0.717) is 6.54 Å². The highest BCUT2D eigenvalue weighted by atomic mass is 16.5. The van der Waals surface area contributed by atoms with Gasteiger partial charge in [0, 0.05) is 12.1 Å². The third-order valence-corrected chi connectivity index (χ3v) is 2.55. The molecule has 0 amide bonds. The highest BCUT2D eigenvalue weighted by Gasteiger charge is 2.11. The summed E-state index contributed by atoms with van der Waals surface area (Å²) in [7, 11) is 3.42. The first-order chi connectivity index (χ1) is 7.93. The van der Waals surface area contributed by atoms with Crippen molar-refractivity contribution in [2.45, 2.75) is 20.4 Å². The Bertz CT molecular complexity index is 415. The van der Waals surface area contributed by atoms with Crippen LogP contribution in [0.5, 0.6) is 5.75 Å². The van der Waals surface area contributed by atoms with Gasteiger partial charge in [-0.25, -0.2) is 0 Å². The average molecular weight is 237 g/mol. The summed E-state index contributed by atoms with van der Waals surface area (Å²) >= 11 is 0. The summed E-state index contributed by atoms with van der Waals surface area (Å²) in [4.78, 5) is 12.4. The minimum atomic E-state index is -0.823. The van der Waals surface area contributed by atoms with Gasteiger partial charge in [0.15, 0.2) is 0 Å². The van der Waals surface area contributed by atoms with Gasteiger partial charge in [0.05, 0.1) is 13.7 Å². The maximum absolute atomic E-state index is 10.6. The van der Waals surface area contributed by atoms with E-state index in [0.717, 1.165) is 22.4 Å². The first-order valence-electron chi connectivity index (χ1n) is 5.48. The number of likely N-dealkylation sites (N-methyl/N-ethyl adjacent to an activating group) is 1. The van der Waals surface area contributed by atoms with E-state index in [4.69, 9.17) is 9.84 Å². The van der Waals surface area contributed by atoms with Crippen LogP contribution in [0.2, 0.25) is 0 Å². The Morgan fingerprint density at radius 2 is 2.06 bits per heavy atom. The number of benzene rings is 1. The summed E-state index contributed by atoms with van der Waals surface area (Å²) in [5.41, 5.74) is 3.25. The lowest BCUT2D eigenvalue weighted by molar-refractivity contribution is -0.138. The monoisotopic (exact) mass is 237 g/mol. The molecule has 1 N–H and O–H groups in total. The van der Waals surface area contributed by atoms with Crippen molar-refractivity contribution >= 4 is 5.97 Å². The van der Waals surface area contributed by atoms with Crippen LogP contribution in [0, 0.1) is 13.8 Å². The Labute approximate surface area is 102 Å². The summed E-state index contributed by atoms with van der Waals surface area (Å²) in [6.45, 7) is 4.60. The lowest BCUT2D eigenvalue weighted by Gasteiger charge is -2.18. The molecule has 1 rings (SSSR count). The molecule has 0 fully saturated rings. The zero-order valence-electron chi connectivity index (χ0n) is 10.8. The largest absolute Gasteiger partial charge is 0.496 e. The predicted octanol–water partition coefficient (Wildman–Crippen LogP) is 1.83. The molecule has 17 heavy (non-hydrogen) atoms. The number of ether oxygens (including phenoxy) is 1. The van der Waals surface area contributed by atoms with E-state index in [2.05, 4.69) is 6.07 Å². The Hall–Kier alpha value is -1.55. The van der Waals surface area contributed by atoms with E-state index >= 15 is 0 Å². The molecule has 0 bridgehead atoms. The number of aryl methyl sites for hydroxylation is 2. The number of carboxylic acid groups (broad SMARTS) is 1. The standard InChI is InChI=1S/C13H19NO3/c1-9-5-10(2)13(17-4)11(6-9)7-14(3)8-12(15)16/h5-6H,7-8H2,1-4H3,(H,15,16). The fourth-order valence-corrected chi connectivity index (χ4v) is 2.03. The summed E-state index contributed by atoms with van der Waals surface area (Å²) in [5, 5.41) is 8.72. The van der Waals surface area contributed by atoms with E-state index in [9.17, 15) is 4.79 Å². The maximum Gasteiger partial charge on any atom is 0.317 e. The minimum Gasteiger partial charge on any atom is -0.496 e. The quantitative estimate of drug-likeness (QED) is 0.848. The molecule has 4 nitrogen and oxygen atoms in total. The van der Waals surface area contributed by atoms with Crippen molar-refractivity contribution in [3.05, 3.63) is 28.8 Å². The Morgan fingerprint density at radius 1 is 1.41 bits per heavy atom. The van der Waals surface area contributed by atoms with E-state index in [1.54, 1.807) is 19.1 Å². The molecule has 4 heteroatoms. The van der Waals surface area contributed by atoms with Crippen molar-refractivity contribution in [1.29, 1.82) is 0 Å². The van der Waals surface area contributed by atoms with E-state index in [1.165, 1.54) is 0 Å². The van der Waals surface area contributed by atoms with Gasteiger partial charge in [-0.05, 0) is 26.5 Å². The Morgan fingerprint density at radius 3 is 2.59 bits per heavy atom. The molecular weight excluding hydrogens is 218 g/mol. The zero-order chi connectivity index (χ0) is 13.0. The zero-order valence-corrected chi connectivity index (χ0v) is 10.8. The van der Waals surface area contributed by atoms with E-state index in [1.807, 2.05) is 19.9 Å². The van der Waals surface area contributed by atoms with Crippen LogP contribution in [0.25, 0.3) is 0 Å². The van der Waals surface area contributed by atoms with Gasteiger partial charge >= 0.3 is 5.97 Å². The second-order valence-corrected chi connectivity index (χ2v) is 4.34. The van der Waals surface area contributed by atoms with Crippen LogP contribution in [-0.2, 0) is 11.3 Å². The molecule has 0 unspecified atom stereocenters. The normalized spacial score (nSPS) is 10.6. The molecule has 94 valence electrons. The average Bonchev–Trinajstić information content (AvgIpc) is 2.15. The van der Waals surface area contributed by atoms with Crippen LogP contribution < -0.4 is 4.74 Å². The van der Waals surface area contributed by atoms with Gasteiger partial charge in [-0.1, -0.05) is 17.7 Å². The van der Waals surface area contributed by atoms with Crippen molar-refractivity contribution < 1.29 is 14.6 Å². The van der Waals surface area contributed by atoms with Crippen LogP contribution >= 0.6 is 0 Å². The summed E-state index contributed by atoms with van der Waals surface area (Å²) in [6, 6.07) is 4.09. The number of carbonyl (C=O) groups is 1. The van der Waals surface area contributed by atoms with E-state index < -0.39 is 5.97 Å². The van der Waals surface area contributed by atoms with Gasteiger partial charge < -0.3 is 9.84 Å². The van der Waals surface area contributed by atoms with Crippen LogP contribution in [0.3, 0.4) is 0 Å². The van der Waals surface area contributed by atoms with Crippen molar-refractivity contribution in [3.63, 3.8) is 0 Å². The van der Waals surface area contributed by atoms with Gasteiger partial charge in [-0.3, -0.25) is 9.69 Å². The number of rotatable bonds is 5. The Kier molecular flexibility index (Phi) is 4.52. The van der Waals surface area contributed by atoms with Crippen molar-refractivity contribution in [2.75, 3.05) is 20.7 Å². The van der Waals surface area contributed by atoms with Crippen molar-refractivity contribution in [3.8, 4) is 5.75 Å².